The van der Waals surface area contributed by atoms with E-state index in [1.165, 1.54) is 42.4 Å². The molecule has 0 aliphatic carbocycles. The Labute approximate surface area is 184 Å². The summed E-state index contributed by atoms with van der Waals surface area (Å²) in [5, 5.41) is 5.65. The van der Waals surface area contributed by atoms with Crippen LogP contribution in [0.4, 0.5) is 0 Å². The molecule has 2 fully saturated rings. The summed E-state index contributed by atoms with van der Waals surface area (Å²) in [6.07, 6.45) is 8.96. The Morgan fingerprint density at radius 2 is 1.87 bits per heavy atom. The van der Waals surface area contributed by atoms with Crippen molar-refractivity contribution in [1.82, 2.24) is 19.6 Å². The van der Waals surface area contributed by atoms with Crippen molar-refractivity contribution in [2.45, 2.75) is 64.5 Å². The number of nitrogens with zero attached hydrogens (tertiary/aromatic N) is 4. The Balaban J connectivity index is 1.11. The predicted molar refractivity (Wildman–Crippen MR) is 121 cm³/mol. The maximum Gasteiger partial charge on any atom is 0.229 e. The molecule has 5 rings (SSSR count). The second-order valence-corrected chi connectivity index (χ2v) is 9.15. The first-order valence-electron chi connectivity index (χ1n) is 12.0. The third-order valence-corrected chi connectivity index (χ3v) is 7.14. The molecule has 6 heteroatoms. The number of rotatable bonds is 7. The van der Waals surface area contributed by atoms with E-state index in [1.807, 2.05) is 0 Å². The van der Waals surface area contributed by atoms with Crippen LogP contribution in [0.2, 0.25) is 0 Å². The summed E-state index contributed by atoms with van der Waals surface area (Å²) < 4.78 is 13.4. The summed E-state index contributed by atoms with van der Waals surface area (Å²) in [4.78, 5) is 7.30. The summed E-state index contributed by atoms with van der Waals surface area (Å²) in [6.45, 7) is 8.26. The maximum atomic E-state index is 5.55. The summed E-state index contributed by atoms with van der Waals surface area (Å²) >= 11 is 0. The van der Waals surface area contributed by atoms with Gasteiger partial charge in [-0.15, -0.1) is 0 Å². The summed E-state index contributed by atoms with van der Waals surface area (Å²) in [5.41, 5.74) is 2.82. The van der Waals surface area contributed by atoms with E-state index in [1.54, 1.807) is 0 Å². The normalized spacial score (nSPS) is 19.4. The standard InChI is InChI=1S/C25H34N4O2/c1-2-29-18-21(22-5-3-4-6-23(22)29)17-28-13-9-19(10-14-28)7-8-24-26-25(31-27-24)20-11-15-30-16-12-20/h3-6,18-20H,2,7-17H2,1H3. The zero-order chi connectivity index (χ0) is 21.0. The highest BCUT2D eigenvalue weighted by molar-refractivity contribution is 5.83. The number of benzene rings is 1. The van der Waals surface area contributed by atoms with Crippen LogP contribution in [0.1, 0.15) is 62.2 Å². The number of likely N-dealkylation sites (tertiary alicyclic amines) is 1. The van der Waals surface area contributed by atoms with Crippen molar-refractivity contribution >= 4 is 10.9 Å². The number of hydrogen-bond acceptors (Lipinski definition) is 5. The lowest BCUT2D eigenvalue weighted by atomic mass is 9.92. The lowest BCUT2D eigenvalue weighted by molar-refractivity contribution is 0.0778. The molecule has 0 bridgehead atoms. The average Bonchev–Trinajstić information content (AvgIpc) is 3.44. The predicted octanol–water partition coefficient (Wildman–Crippen LogP) is 4.78. The number of para-hydroxylation sites is 1. The van der Waals surface area contributed by atoms with Gasteiger partial charge in [0.2, 0.25) is 5.89 Å². The van der Waals surface area contributed by atoms with Gasteiger partial charge in [0.1, 0.15) is 0 Å². The van der Waals surface area contributed by atoms with Crippen molar-refractivity contribution in [2.24, 2.45) is 5.92 Å². The molecule has 0 N–H and O–H groups in total. The van der Waals surface area contributed by atoms with Gasteiger partial charge in [-0.1, -0.05) is 23.4 Å². The van der Waals surface area contributed by atoms with Crippen LogP contribution in [-0.2, 0) is 24.2 Å². The highest BCUT2D eigenvalue weighted by Crippen LogP contribution is 2.28. The molecule has 0 radical (unpaired) electrons. The van der Waals surface area contributed by atoms with E-state index < -0.39 is 0 Å². The zero-order valence-electron chi connectivity index (χ0n) is 18.6. The van der Waals surface area contributed by atoms with E-state index >= 15 is 0 Å². The van der Waals surface area contributed by atoms with Gasteiger partial charge >= 0.3 is 0 Å². The molecule has 2 aliphatic heterocycles. The molecule has 0 unspecified atom stereocenters. The van der Waals surface area contributed by atoms with Crippen molar-refractivity contribution in [3.63, 3.8) is 0 Å². The van der Waals surface area contributed by atoms with Crippen molar-refractivity contribution in [1.29, 1.82) is 0 Å². The van der Waals surface area contributed by atoms with E-state index in [0.717, 1.165) is 69.6 Å². The highest BCUT2D eigenvalue weighted by Gasteiger charge is 2.24. The summed E-state index contributed by atoms with van der Waals surface area (Å²) in [5.74, 6) is 2.85. The third kappa shape index (κ3) is 4.70. The molecule has 3 aromatic rings. The Kier molecular flexibility index (Phi) is 6.37. The first-order valence-corrected chi connectivity index (χ1v) is 12.0. The van der Waals surface area contributed by atoms with Crippen LogP contribution in [-0.4, -0.2) is 45.9 Å². The fraction of sp³-hybridized carbons (Fsp3) is 0.600. The molecular weight excluding hydrogens is 388 g/mol. The first-order chi connectivity index (χ1) is 15.3. The van der Waals surface area contributed by atoms with E-state index in [9.17, 15) is 0 Å². The number of piperidine rings is 1. The minimum Gasteiger partial charge on any atom is -0.381 e. The fourth-order valence-corrected chi connectivity index (χ4v) is 5.20. The molecule has 6 nitrogen and oxygen atoms in total. The van der Waals surface area contributed by atoms with Crippen molar-refractivity contribution in [3.05, 3.63) is 47.7 Å². The Morgan fingerprint density at radius 3 is 2.68 bits per heavy atom. The Morgan fingerprint density at radius 1 is 1.06 bits per heavy atom. The molecule has 1 aromatic carbocycles. The van der Waals surface area contributed by atoms with E-state index in [4.69, 9.17) is 9.26 Å². The quantitative estimate of drug-likeness (QED) is 0.548. The van der Waals surface area contributed by atoms with Gasteiger partial charge in [0.15, 0.2) is 5.82 Å². The SMILES string of the molecule is CCn1cc(CN2CCC(CCc3noc(C4CCOCC4)n3)CC2)c2ccccc21. The van der Waals surface area contributed by atoms with Crippen molar-refractivity contribution < 1.29 is 9.26 Å². The average molecular weight is 423 g/mol. The molecule has 2 saturated heterocycles. The molecule has 0 atom stereocenters. The van der Waals surface area contributed by atoms with Crippen molar-refractivity contribution in [3.8, 4) is 0 Å². The van der Waals surface area contributed by atoms with Gasteiger partial charge in [-0.05, 0) is 69.7 Å². The number of aryl methyl sites for hydroxylation is 2. The zero-order valence-corrected chi connectivity index (χ0v) is 18.6. The molecule has 0 amide bonds. The fourth-order valence-electron chi connectivity index (χ4n) is 5.20. The minimum atomic E-state index is 0.386. The third-order valence-electron chi connectivity index (χ3n) is 7.14. The van der Waals surface area contributed by atoms with Gasteiger partial charge in [0, 0.05) is 55.7 Å². The van der Waals surface area contributed by atoms with Gasteiger partial charge in [-0.3, -0.25) is 4.90 Å². The maximum absolute atomic E-state index is 5.55. The first kappa shape index (κ1) is 20.7. The Bertz CT molecular complexity index is 980. The summed E-state index contributed by atoms with van der Waals surface area (Å²) in [7, 11) is 0. The van der Waals surface area contributed by atoms with Crippen molar-refractivity contribution in [2.75, 3.05) is 26.3 Å². The monoisotopic (exact) mass is 422 g/mol. The number of fused-ring (bicyclic) bond motifs is 1. The van der Waals surface area contributed by atoms with Gasteiger partial charge in [-0.25, -0.2) is 0 Å². The lowest BCUT2D eigenvalue weighted by Gasteiger charge is -2.31. The van der Waals surface area contributed by atoms with Gasteiger partial charge in [-0.2, -0.15) is 4.98 Å². The second kappa shape index (κ2) is 9.53. The van der Waals surface area contributed by atoms with Gasteiger partial charge < -0.3 is 13.8 Å². The molecule has 0 saturated carbocycles. The van der Waals surface area contributed by atoms with Crippen LogP contribution < -0.4 is 0 Å². The van der Waals surface area contributed by atoms with E-state index in [-0.39, 0.29) is 0 Å². The van der Waals surface area contributed by atoms with Crippen LogP contribution in [0, 0.1) is 5.92 Å². The van der Waals surface area contributed by atoms with Crippen LogP contribution in [0.25, 0.3) is 10.9 Å². The Hall–Kier alpha value is -2.18. The molecule has 2 aliphatic rings. The number of hydrogen-bond donors (Lipinski definition) is 0. The number of ether oxygens (including phenoxy) is 1. The largest absolute Gasteiger partial charge is 0.381 e. The summed E-state index contributed by atoms with van der Waals surface area (Å²) in [6, 6.07) is 8.80. The molecular formula is C25H34N4O2. The van der Waals surface area contributed by atoms with E-state index in [0.29, 0.717) is 5.92 Å². The van der Waals surface area contributed by atoms with Gasteiger partial charge in [0.25, 0.3) is 0 Å². The molecule has 2 aromatic heterocycles. The van der Waals surface area contributed by atoms with Crippen LogP contribution in [0.5, 0.6) is 0 Å². The molecule has 0 spiro atoms. The van der Waals surface area contributed by atoms with Crippen LogP contribution in [0.15, 0.2) is 35.0 Å². The minimum absolute atomic E-state index is 0.386. The molecule has 31 heavy (non-hydrogen) atoms. The van der Waals surface area contributed by atoms with E-state index in [2.05, 4.69) is 57.0 Å². The second-order valence-electron chi connectivity index (χ2n) is 9.15. The lowest BCUT2D eigenvalue weighted by Crippen LogP contribution is -2.33. The van der Waals surface area contributed by atoms with Crippen LogP contribution in [0.3, 0.4) is 0 Å². The topological polar surface area (TPSA) is 56.3 Å². The molecule has 166 valence electrons. The smallest absolute Gasteiger partial charge is 0.229 e. The molecule has 4 heterocycles. The highest BCUT2D eigenvalue weighted by atomic mass is 16.5. The number of aromatic nitrogens is 3. The van der Waals surface area contributed by atoms with Gasteiger partial charge in [0.05, 0.1) is 0 Å². The van der Waals surface area contributed by atoms with Crippen LogP contribution >= 0.6 is 0 Å².